The van der Waals surface area contributed by atoms with Crippen LogP contribution in [-0.4, -0.2) is 18.2 Å². The van der Waals surface area contributed by atoms with Crippen LogP contribution in [0.25, 0.3) is 10.9 Å². The van der Waals surface area contributed by atoms with Crippen LogP contribution in [0.2, 0.25) is 0 Å². The Labute approximate surface area is 125 Å². The second-order valence-corrected chi connectivity index (χ2v) is 5.88. The summed E-state index contributed by atoms with van der Waals surface area (Å²) in [6.45, 7) is 3.79. The van der Waals surface area contributed by atoms with Gasteiger partial charge < -0.3 is 4.74 Å². The number of pyridine rings is 1. The molecule has 1 atom stereocenters. The summed E-state index contributed by atoms with van der Waals surface area (Å²) < 4.78 is 5.45. The van der Waals surface area contributed by atoms with E-state index in [9.17, 15) is 0 Å². The van der Waals surface area contributed by atoms with Gasteiger partial charge >= 0.3 is 0 Å². The Morgan fingerprint density at radius 2 is 2.10 bits per heavy atom. The highest BCUT2D eigenvalue weighted by atomic mass is 16.5. The first-order chi connectivity index (χ1) is 10.3. The third kappa shape index (κ3) is 3.23. The maximum absolute atomic E-state index is 5.86. The Kier molecular flexibility index (Phi) is 4.48. The van der Waals surface area contributed by atoms with Gasteiger partial charge in [-0.1, -0.05) is 18.2 Å². The molecule has 1 aromatic heterocycles. The molecule has 0 bridgehead atoms. The van der Waals surface area contributed by atoms with Crippen LogP contribution in [0.5, 0.6) is 0 Å². The van der Waals surface area contributed by atoms with Crippen molar-refractivity contribution in [3.63, 3.8) is 0 Å². The van der Waals surface area contributed by atoms with Crippen molar-refractivity contribution in [3.05, 3.63) is 41.6 Å². The molecule has 3 N–H and O–H groups in total. The number of benzene rings is 1. The molecule has 4 heteroatoms. The van der Waals surface area contributed by atoms with Crippen LogP contribution >= 0.6 is 0 Å². The average molecular weight is 285 g/mol. The van der Waals surface area contributed by atoms with Gasteiger partial charge in [0.25, 0.3) is 0 Å². The molecule has 1 aliphatic heterocycles. The Hall–Kier alpha value is -1.49. The van der Waals surface area contributed by atoms with E-state index >= 15 is 0 Å². The van der Waals surface area contributed by atoms with Gasteiger partial charge in [-0.25, -0.2) is 0 Å². The molecule has 0 spiro atoms. The molecule has 0 saturated carbocycles. The largest absolute Gasteiger partial charge is 0.381 e. The SMILES string of the molecule is Cc1cc(C(CC2CCOCC2)NN)c2ccccc2n1. The minimum atomic E-state index is 0.166. The lowest BCUT2D eigenvalue weighted by Gasteiger charge is -2.27. The number of nitrogens with one attached hydrogen (secondary N) is 1. The highest BCUT2D eigenvalue weighted by Gasteiger charge is 2.21. The van der Waals surface area contributed by atoms with Crippen molar-refractivity contribution in [3.8, 4) is 0 Å². The molecular formula is C17H23N3O. The minimum absolute atomic E-state index is 0.166. The van der Waals surface area contributed by atoms with Crippen molar-refractivity contribution >= 4 is 10.9 Å². The Morgan fingerprint density at radius 3 is 2.86 bits per heavy atom. The van der Waals surface area contributed by atoms with E-state index in [1.165, 1.54) is 10.9 Å². The summed E-state index contributed by atoms with van der Waals surface area (Å²) in [5.74, 6) is 6.53. The summed E-state index contributed by atoms with van der Waals surface area (Å²) >= 11 is 0. The first-order valence-corrected chi connectivity index (χ1v) is 7.68. The molecule has 0 radical (unpaired) electrons. The quantitative estimate of drug-likeness (QED) is 0.670. The van der Waals surface area contributed by atoms with Gasteiger partial charge in [-0.2, -0.15) is 0 Å². The number of para-hydroxylation sites is 1. The summed E-state index contributed by atoms with van der Waals surface area (Å²) in [5, 5.41) is 1.19. The van der Waals surface area contributed by atoms with Gasteiger partial charge in [0, 0.05) is 30.3 Å². The number of hydrazine groups is 1. The molecule has 1 aromatic carbocycles. The maximum Gasteiger partial charge on any atom is 0.0708 e. The van der Waals surface area contributed by atoms with E-state index in [2.05, 4.69) is 34.7 Å². The third-order valence-electron chi connectivity index (χ3n) is 4.36. The molecule has 4 nitrogen and oxygen atoms in total. The molecule has 0 amide bonds. The van der Waals surface area contributed by atoms with Crippen LogP contribution < -0.4 is 11.3 Å². The number of nitrogens with zero attached hydrogens (tertiary/aromatic N) is 1. The highest BCUT2D eigenvalue weighted by molar-refractivity contribution is 5.82. The average Bonchev–Trinajstić information content (AvgIpc) is 2.53. The van der Waals surface area contributed by atoms with Crippen molar-refractivity contribution in [1.29, 1.82) is 0 Å². The van der Waals surface area contributed by atoms with Gasteiger partial charge in [-0.05, 0) is 49.8 Å². The molecule has 112 valence electrons. The van der Waals surface area contributed by atoms with E-state index in [-0.39, 0.29) is 6.04 Å². The van der Waals surface area contributed by atoms with Gasteiger partial charge in [0.1, 0.15) is 0 Å². The Bertz CT molecular complexity index is 608. The number of rotatable bonds is 4. The van der Waals surface area contributed by atoms with E-state index in [0.717, 1.165) is 43.7 Å². The highest BCUT2D eigenvalue weighted by Crippen LogP contribution is 2.31. The zero-order chi connectivity index (χ0) is 14.7. The third-order valence-corrected chi connectivity index (χ3v) is 4.36. The number of fused-ring (bicyclic) bond motifs is 1. The number of ether oxygens (including phenoxy) is 1. The summed E-state index contributed by atoms with van der Waals surface area (Å²) in [7, 11) is 0. The van der Waals surface area contributed by atoms with E-state index in [0.29, 0.717) is 5.92 Å². The zero-order valence-corrected chi connectivity index (χ0v) is 12.5. The summed E-state index contributed by atoms with van der Waals surface area (Å²) in [4.78, 5) is 4.61. The fourth-order valence-corrected chi connectivity index (χ4v) is 3.23. The summed E-state index contributed by atoms with van der Waals surface area (Å²) in [6, 6.07) is 10.6. The predicted octanol–water partition coefficient (Wildman–Crippen LogP) is 2.86. The smallest absolute Gasteiger partial charge is 0.0708 e. The number of hydrogen-bond acceptors (Lipinski definition) is 4. The van der Waals surface area contributed by atoms with Crippen molar-refractivity contribution in [1.82, 2.24) is 10.4 Å². The van der Waals surface area contributed by atoms with E-state index in [4.69, 9.17) is 10.6 Å². The predicted molar refractivity (Wildman–Crippen MR) is 84.7 cm³/mol. The van der Waals surface area contributed by atoms with Gasteiger partial charge in [0.2, 0.25) is 0 Å². The molecule has 21 heavy (non-hydrogen) atoms. The molecular weight excluding hydrogens is 262 g/mol. The molecule has 1 unspecified atom stereocenters. The van der Waals surface area contributed by atoms with Crippen LogP contribution in [-0.2, 0) is 4.74 Å². The van der Waals surface area contributed by atoms with Crippen LogP contribution in [0, 0.1) is 12.8 Å². The zero-order valence-electron chi connectivity index (χ0n) is 12.5. The number of aryl methyl sites for hydroxylation is 1. The molecule has 3 rings (SSSR count). The van der Waals surface area contributed by atoms with Crippen LogP contribution in [0.3, 0.4) is 0 Å². The second kappa shape index (κ2) is 6.52. The van der Waals surface area contributed by atoms with Crippen molar-refractivity contribution in [2.45, 2.75) is 32.2 Å². The van der Waals surface area contributed by atoms with E-state index in [1.807, 2.05) is 13.0 Å². The monoisotopic (exact) mass is 285 g/mol. The van der Waals surface area contributed by atoms with Crippen LogP contribution in [0.4, 0.5) is 0 Å². The lowest BCUT2D eigenvalue weighted by atomic mass is 9.88. The van der Waals surface area contributed by atoms with Crippen LogP contribution in [0.1, 0.15) is 36.6 Å². The second-order valence-electron chi connectivity index (χ2n) is 5.88. The van der Waals surface area contributed by atoms with E-state index < -0.39 is 0 Å². The molecule has 2 aromatic rings. The number of aromatic nitrogens is 1. The number of hydrogen-bond donors (Lipinski definition) is 2. The normalized spacial score (nSPS) is 18.0. The van der Waals surface area contributed by atoms with Crippen LogP contribution in [0.15, 0.2) is 30.3 Å². The number of nitrogens with two attached hydrogens (primary N) is 1. The first kappa shape index (κ1) is 14.4. The van der Waals surface area contributed by atoms with Gasteiger partial charge in [-0.15, -0.1) is 0 Å². The summed E-state index contributed by atoms with van der Waals surface area (Å²) in [5.41, 5.74) is 6.35. The summed E-state index contributed by atoms with van der Waals surface area (Å²) in [6.07, 6.45) is 3.30. The molecule has 2 heterocycles. The minimum Gasteiger partial charge on any atom is -0.381 e. The topological polar surface area (TPSA) is 60.2 Å². The molecule has 1 fully saturated rings. The lowest BCUT2D eigenvalue weighted by Crippen LogP contribution is -2.31. The van der Waals surface area contributed by atoms with E-state index in [1.54, 1.807) is 0 Å². The lowest BCUT2D eigenvalue weighted by molar-refractivity contribution is 0.0605. The standard InChI is InChI=1S/C17H23N3O/c1-12-10-15(14-4-2-3-5-16(14)19-12)17(20-18)11-13-6-8-21-9-7-13/h2-5,10,13,17,20H,6-9,11,18H2,1H3. The fourth-order valence-electron chi connectivity index (χ4n) is 3.23. The molecule has 0 aliphatic carbocycles. The van der Waals surface area contributed by atoms with Gasteiger partial charge in [-0.3, -0.25) is 16.3 Å². The van der Waals surface area contributed by atoms with Gasteiger partial charge in [0.05, 0.1) is 5.52 Å². The van der Waals surface area contributed by atoms with Gasteiger partial charge in [0.15, 0.2) is 0 Å². The Balaban J connectivity index is 1.92. The molecule has 1 aliphatic rings. The van der Waals surface area contributed by atoms with Crippen molar-refractivity contribution in [2.75, 3.05) is 13.2 Å². The maximum atomic E-state index is 5.86. The Morgan fingerprint density at radius 1 is 1.33 bits per heavy atom. The first-order valence-electron chi connectivity index (χ1n) is 7.68. The molecule has 1 saturated heterocycles. The fraction of sp³-hybridized carbons (Fsp3) is 0.471. The van der Waals surface area contributed by atoms with Crippen molar-refractivity contribution < 1.29 is 4.74 Å². The van der Waals surface area contributed by atoms with Crippen molar-refractivity contribution in [2.24, 2.45) is 11.8 Å².